The molecule has 1 aliphatic carbocycles. The lowest BCUT2D eigenvalue weighted by atomic mass is 9.89. The van der Waals surface area contributed by atoms with E-state index in [1.54, 1.807) is 19.1 Å². The molecule has 0 spiro atoms. The van der Waals surface area contributed by atoms with Gasteiger partial charge in [0.15, 0.2) is 17.7 Å². The van der Waals surface area contributed by atoms with Gasteiger partial charge < -0.3 is 15.2 Å². The van der Waals surface area contributed by atoms with E-state index >= 15 is 0 Å². The minimum atomic E-state index is -0.675. The molecule has 2 N–H and O–H groups in total. The number of hydrogen-bond donors (Lipinski definition) is 1. The van der Waals surface area contributed by atoms with E-state index in [4.69, 9.17) is 15.2 Å². The third-order valence-electron chi connectivity index (χ3n) is 4.58. The number of fused-ring (bicyclic) bond motifs is 1. The van der Waals surface area contributed by atoms with E-state index in [0.29, 0.717) is 11.7 Å². The largest absolute Gasteiger partial charge is 0.477 e. The number of nitrogens with zero attached hydrogens (tertiary/aromatic N) is 2. The van der Waals surface area contributed by atoms with Crippen molar-refractivity contribution in [2.45, 2.75) is 51.7 Å². The fourth-order valence-electron chi connectivity index (χ4n) is 3.15. The van der Waals surface area contributed by atoms with Crippen molar-refractivity contribution in [1.29, 1.82) is 0 Å². The second-order valence-corrected chi connectivity index (χ2v) is 6.61. The van der Waals surface area contributed by atoms with Crippen LogP contribution in [0.3, 0.4) is 0 Å². The molecule has 2 aliphatic rings. The number of esters is 1. The van der Waals surface area contributed by atoms with E-state index in [1.165, 1.54) is 4.90 Å². The highest BCUT2D eigenvalue weighted by Crippen LogP contribution is 2.33. The normalized spacial score (nSPS) is 26.5. The van der Waals surface area contributed by atoms with Gasteiger partial charge in [-0.15, -0.1) is 0 Å². The molecule has 2 heterocycles. The molecule has 1 saturated carbocycles. The van der Waals surface area contributed by atoms with Crippen molar-refractivity contribution >= 4 is 23.5 Å². The second-order valence-electron chi connectivity index (χ2n) is 6.61. The van der Waals surface area contributed by atoms with Gasteiger partial charge in [0.2, 0.25) is 0 Å². The molecule has 130 valence electrons. The zero-order chi connectivity index (χ0) is 17.3. The molecule has 0 saturated heterocycles. The van der Waals surface area contributed by atoms with Crippen molar-refractivity contribution in [2.75, 3.05) is 17.2 Å². The molecule has 0 radical (unpaired) electrons. The van der Waals surface area contributed by atoms with Gasteiger partial charge >= 0.3 is 5.97 Å². The summed E-state index contributed by atoms with van der Waals surface area (Å²) in [4.78, 5) is 30.1. The summed E-state index contributed by atoms with van der Waals surface area (Å²) >= 11 is 0. The van der Waals surface area contributed by atoms with Crippen molar-refractivity contribution in [3.05, 3.63) is 12.1 Å². The molecule has 1 aromatic rings. The molecule has 1 atom stereocenters. The lowest BCUT2D eigenvalue weighted by Gasteiger charge is -2.32. The standard InChI is InChI=1S/C17H23N3O4/c1-10-3-5-12(6-4-10)24-15(21)9-20-16-13(7-8-14(18)19-16)23-11(2)17(20)22/h7-8,10-12H,3-6,9H2,1-2H3,(H2,18,19). The van der Waals surface area contributed by atoms with Crippen LogP contribution >= 0.6 is 0 Å². The summed E-state index contributed by atoms with van der Waals surface area (Å²) in [6.45, 7) is 3.67. The van der Waals surface area contributed by atoms with Gasteiger partial charge in [-0.25, -0.2) is 4.98 Å². The topological polar surface area (TPSA) is 94.8 Å². The number of ether oxygens (including phenoxy) is 2. The monoisotopic (exact) mass is 333 g/mol. The smallest absolute Gasteiger partial charge is 0.326 e. The number of hydrogen-bond acceptors (Lipinski definition) is 6. The molecule has 1 aromatic heterocycles. The molecule has 1 amide bonds. The van der Waals surface area contributed by atoms with Crippen molar-refractivity contribution in [1.82, 2.24) is 4.98 Å². The molecule has 0 aromatic carbocycles. The zero-order valence-electron chi connectivity index (χ0n) is 14.0. The van der Waals surface area contributed by atoms with Crippen molar-refractivity contribution in [2.24, 2.45) is 5.92 Å². The zero-order valence-corrected chi connectivity index (χ0v) is 14.0. The van der Waals surface area contributed by atoms with Crippen LogP contribution in [-0.4, -0.2) is 35.6 Å². The molecule has 1 fully saturated rings. The first-order chi connectivity index (χ1) is 11.4. The van der Waals surface area contributed by atoms with Gasteiger partial charge in [0.05, 0.1) is 0 Å². The first-order valence-corrected chi connectivity index (χ1v) is 8.38. The van der Waals surface area contributed by atoms with Crippen LogP contribution < -0.4 is 15.4 Å². The summed E-state index contributed by atoms with van der Waals surface area (Å²) in [5.41, 5.74) is 5.70. The number of carbonyl (C=O) groups excluding carboxylic acids is 2. The highest BCUT2D eigenvalue weighted by Gasteiger charge is 2.35. The van der Waals surface area contributed by atoms with E-state index in [-0.39, 0.29) is 30.2 Å². The fraction of sp³-hybridized carbons (Fsp3) is 0.588. The maximum Gasteiger partial charge on any atom is 0.326 e. The van der Waals surface area contributed by atoms with Crippen molar-refractivity contribution in [3.63, 3.8) is 0 Å². The maximum absolute atomic E-state index is 12.4. The van der Waals surface area contributed by atoms with Crippen LogP contribution in [-0.2, 0) is 14.3 Å². The first kappa shape index (κ1) is 16.5. The predicted octanol–water partition coefficient (Wildman–Crippen LogP) is 1.90. The number of nitrogens with two attached hydrogens (primary N) is 1. The Morgan fingerprint density at radius 3 is 2.75 bits per heavy atom. The van der Waals surface area contributed by atoms with Gasteiger partial charge in [-0.05, 0) is 50.7 Å². The Kier molecular flexibility index (Phi) is 4.59. The first-order valence-electron chi connectivity index (χ1n) is 8.38. The average molecular weight is 333 g/mol. The summed E-state index contributed by atoms with van der Waals surface area (Å²) in [5, 5.41) is 0. The fourth-order valence-corrected chi connectivity index (χ4v) is 3.15. The van der Waals surface area contributed by atoms with E-state index in [2.05, 4.69) is 11.9 Å². The Bertz CT molecular complexity index is 641. The average Bonchev–Trinajstić information content (AvgIpc) is 2.55. The Labute approximate surface area is 141 Å². The second kappa shape index (κ2) is 6.67. The molecular weight excluding hydrogens is 310 g/mol. The molecule has 7 heteroatoms. The Hall–Kier alpha value is -2.31. The summed E-state index contributed by atoms with van der Waals surface area (Å²) in [5.74, 6) is 0.907. The van der Waals surface area contributed by atoms with Gasteiger partial charge in [-0.3, -0.25) is 14.5 Å². The van der Waals surface area contributed by atoms with Crippen molar-refractivity contribution < 1.29 is 19.1 Å². The number of aromatic nitrogens is 1. The lowest BCUT2D eigenvalue weighted by molar-refractivity contribution is -0.150. The Morgan fingerprint density at radius 1 is 1.33 bits per heavy atom. The van der Waals surface area contributed by atoms with Crippen LogP contribution in [0, 0.1) is 5.92 Å². The van der Waals surface area contributed by atoms with Crippen LogP contribution in [0.1, 0.15) is 39.5 Å². The van der Waals surface area contributed by atoms with Crippen LogP contribution in [0.4, 0.5) is 11.6 Å². The van der Waals surface area contributed by atoms with Crippen LogP contribution in [0.5, 0.6) is 5.75 Å². The summed E-state index contributed by atoms with van der Waals surface area (Å²) in [7, 11) is 0. The maximum atomic E-state index is 12.4. The number of nitrogen functional groups attached to an aromatic ring is 1. The van der Waals surface area contributed by atoms with Crippen LogP contribution in [0.15, 0.2) is 12.1 Å². The predicted molar refractivity (Wildman–Crippen MR) is 88.6 cm³/mol. The Balaban J connectivity index is 1.70. The van der Waals surface area contributed by atoms with E-state index in [1.807, 2.05) is 0 Å². The number of rotatable bonds is 3. The third-order valence-corrected chi connectivity index (χ3v) is 4.58. The van der Waals surface area contributed by atoms with Gasteiger partial charge in [0, 0.05) is 0 Å². The molecule has 0 bridgehead atoms. The van der Waals surface area contributed by atoms with Gasteiger partial charge in [-0.2, -0.15) is 0 Å². The summed E-state index contributed by atoms with van der Waals surface area (Å²) < 4.78 is 11.0. The molecule has 7 nitrogen and oxygen atoms in total. The SMILES string of the molecule is CC1CCC(OC(=O)CN2C(=O)C(C)Oc3ccc(N)nc32)CC1. The van der Waals surface area contributed by atoms with Crippen molar-refractivity contribution in [3.8, 4) is 5.75 Å². The summed E-state index contributed by atoms with van der Waals surface area (Å²) in [6, 6.07) is 3.25. The quantitative estimate of drug-likeness (QED) is 0.849. The molecule has 1 unspecified atom stereocenters. The lowest BCUT2D eigenvalue weighted by Crippen LogP contribution is -2.48. The van der Waals surface area contributed by atoms with Gasteiger partial charge in [0.1, 0.15) is 18.5 Å². The number of carbonyl (C=O) groups is 2. The number of amides is 1. The highest BCUT2D eigenvalue weighted by atomic mass is 16.5. The Morgan fingerprint density at radius 2 is 2.04 bits per heavy atom. The van der Waals surface area contributed by atoms with Crippen LogP contribution in [0.25, 0.3) is 0 Å². The molecule has 24 heavy (non-hydrogen) atoms. The van der Waals surface area contributed by atoms with E-state index < -0.39 is 12.1 Å². The molecule has 3 rings (SSSR count). The van der Waals surface area contributed by atoms with E-state index in [0.717, 1.165) is 25.7 Å². The highest BCUT2D eigenvalue weighted by molar-refractivity contribution is 6.02. The van der Waals surface area contributed by atoms with Gasteiger partial charge in [0.25, 0.3) is 5.91 Å². The van der Waals surface area contributed by atoms with Gasteiger partial charge in [-0.1, -0.05) is 6.92 Å². The molecule has 1 aliphatic heterocycles. The minimum Gasteiger partial charge on any atom is -0.477 e. The third kappa shape index (κ3) is 3.44. The number of anilines is 2. The number of pyridine rings is 1. The summed E-state index contributed by atoms with van der Waals surface area (Å²) in [6.07, 6.45) is 3.14. The van der Waals surface area contributed by atoms with Crippen LogP contribution in [0.2, 0.25) is 0 Å². The molecular formula is C17H23N3O4. The van der Waals surface area contributed by atoms with E-state index in [9.17, 15) is 9.59 Å². The minimum absolute atomic E-state index is 0.0597.